The number of halogens is 2. The van der Waals surface area contributed by atoms with Crippen LogP contribution in [-0.2, 0) is 14.6 Å². The molecule has 0 unspecified atom stereocenters. The normalized spacial score (nSPS) is 11.5. The Kier molecular flexibility index (Phi) is 4.65. The van der Waals surface area contributed by atoms with Crippen molar-refractivity contribution in [3.8, 4) is 0 Å². The van der Waals surface area contributed by atoms with Crippen molar-refractivity contribution >= 4 is 27.2 Å². The predicted molar refractivity (Wildman–Crippen MR) is 63.4 cm³/mol. The fourth-order valence-corrected chi connectivity index (χ4v) is 2.87. The molecule has 0 atom stereocenters. The van der Waals surface area contributed by atoms with Crippen LogP contribution in [0.4, 0.5) is 4.39 Å². The van der Waals surface area contributed by atoms with Crippen LogP contribution in [0.25, 0.3) is 0 Å². The van der Waals surface area contributed by atoms with Crippen LogP contribution in [0.15, 0.2) is 23.1 Å². The van der Waals surface area contributed by atoms with Crippen molar-refractivity contribution in [3.05, 3.63) is 29.0 Å². The lowest BCUT2D eigenvalue weighted by Crippen LogP contribution is -2.15. The number of carbonyl (C=O) groups is 1. The summed E-state index contributed by atoms with van der Waals surface area (Å²) in [6, 6.07) is 3.10. The first-order chi connectivity index (χ1) is 7.86. The number of ketones is 1. The van der Waals surface area contributed by atoms with Gasteiger partial charge in [-0.15, -0.1) is 0 Å². The maximum Gasteiger partial charge on any atom is 0.185 e. The second-order valence-electron chi connectivity index (χ2n) is 3.62. The second kappa shape index (κ2) is 5.60. The Morgan fingerprint density at radius 1 is 1.41 bits per heavy atom. The van der Waals surface area contributed by atoms with Gasteiger partial charge in [0.05, 0.1) is 9.92 Å². The topological polar surface area (TPSA) is 51.2 Å². The molecule has 0 aliphatic heterocycles. The van der Waals surface area contributed by atoms with E-state index in [1.807, 2.05) is 0 Å². The van der Waals surface area contributed by atoms with Crippen molar-refractivity contribution in [1.29, 1.82) is 0 Å². The van der Waals surface area contributed by atoms with E-state index in [9.17, 15) is 17.6 Å². The zero-order valence-corrected chi connectivity index (χ0v) is 10.8. The van der Waals surface area contributed by atoms with Crippen molar-refractivity contribution in [1.82, 2.24) is 0 Å². The second-order valence-corrected chi connectivity index (χ2v) is 6.02. The van der Waals surface area contributed by atoms with Crippen LogP contribution in [0.1, 0.15) is 19.8 Å². The number of benzene rings is 1. The van der Waals surface area contributed by atoms with Crippen LogP contribution in [-0.4, -0.2) is 20.0 Å². The van der Waals surface area contributed by atoms with Crippen molar-refractivity contribution in [2.75, 3.05) is 5.75 Å². The molecule has 17 heavy (non-hydrogen) atoms. The molecule has 0 saturated heterocycles. The summed E-state index contributed by atoms with van der Waals surface area (Å²) in [6.07, 6.45) is 0.812. The highest BCUT2D eigenvalue weighted by Gasteiger charge is 2.19. The number of rotatable bonds is 5. The Labute approximate surface area is 105 Å². The molecular weight excluding hydrogens is 267 g/mol. The van der Waals surface area contributed by atoms with E-state index in [1.165, 1.54) is 0 Å². The third kappa shape index (κ3) is 3.78. The third-order valence-corrected chi connectivity index (χ3v) is 4.09. The highest BCUT2D eigenvalue weighted by molar-refractivity contribution is 7.92. The molecule has 0 aliphatic rings. The minimum Gasteiger partial charge on any atom is -0.299 e. The zero-order valence-electron chi connectivity index (χ0n) is 9.24. The van der Waals surface area contributed by atoms with Gasteiger partial charge in [0.1, 0.15) is 17.4 Å². The molecule has 0 spiro atoms. The monoisotopic (exact) mass is 278 g/mol. The van der Waals surface area contributed by atoms with Gasteiger partial charge in [0.15, 0.2) is 9.84 Å². The lowest BCUT2D eigenvalue weighted by molar-refractivity contribution is -0.116. The van der Waals surface area contributed by atoms with Gasteiger partial charge in [0.25, 0.3) is 0 Å². The maximum absolute atomic E-state index is 12.9. The maximum atomic E-state index is 12.9. The Balaban J connectivity index is 2.97. The van der Waals surface area contributed by atoms with Gasteiger partial charge in [-0.1, -0.05) is 18.5 Å². The van der Waals surface area contributed by atoms with Crippen molar-refractivity contribution in [3.63, 3.8) is 0 Å². The van der Waals surface area contributed by atoms with Crippen LogP contribution in [0.3, 0.4) is 0 Å². The SMILES string of the molecule is CCCC(=O)CS(=O)(=O)c1ccc(F)c(Cl)c1. The van der Waals surface area contributed by atoms with Crippen LogP contribution in [0.5, 0.6) is 0 Å². The summed E-state index contributed by atoms with van der Waals surface area (Å²) in [5, 5.41) is -0.269. The molecule has 0 N–H and O–H groups in total. The third-order valence-electron chi connectivity index (χ3n) is 2.13. The summed E-state index contributed by atoms with van der Waals surface area (Å²) in [4.78, 5) is 11.2. The largest absolute Gasteiger partial charge is 0.299 e. The number of hydrogen-bond acceptors (Lipinski definition) is 3. The number of sulfone groups is 1. The molecule has 1 aromatic rings. The number of carbonyl (C=O) groups excluding carboxylic acids is 1. The molecule has 94 valence electrons. The van der Waals surface area contributed by atoms with Gasteiger partial charge < -0.3 is 0 Å². The van der Waals surface area contributed by atoms with E-state index in [0.717, 1.165) is 18.2 Å². The van der Waals surface area contributed by atoms with E-state index < -0.39 is 21.4 Å². The van der Waals surface area contributed by atoms with E-state index in [1.54, 1.807) is 6.92 Å². The molecule has 1 aromatic carbocycles. The van der Waals surface area contributed by atoms with E-state index in [0.29, 0.717) is 6.42 Å². The van der Waals surface area contributed by atoms with Gasteiger partial charge in [0.2, 0.25) is 0 Å². The molecule has 0 bridgehead atoms. The van der Waals surface area contributed by atoms with E-state index >= 15 is 0 Å². The molecular formula is C11H12ClFO3S. The first-order valence-corrected chi connectivity index (χ1v) is 7.09. The fraction of sp³-hybridized carbons (Fsp3) is 0.364. The van der Waals surface area contributed by atoms with Crippen LogP contribution in [0.2, 0.25) is 5.02 Å². The van der Waals surface area contributed by atoms with Crippen molar-refractivity contribution in [2.24, 2.45) is 0 Å². The minimum atomic E-state index is -3.72. The van der Waals surface area contributed by atoms with Crippen LogP contribution < -0.4 is 0 Å². The van der Waals surface area contributed by atoms with Gasteiger partial charge >= 0.3 is 0 Å². The molecule has 0 saturated carbocycles. The average molecular weight is 279 g/mol. The average Bonchev–Trinajstić information content (AvgIpc) is 2.21. The van der Waals surface area contributed by atoms with Crippen molar-refractivity contribution in [2.45, 2.75) is 24.7 Å². The Morgan fingerprint density at radius 3 is 2.59 bits per heavy atom. The van der Waals surface area contributed by atoms with E-state index in [4.69, 9.17) is 11.6 Å². The first-order valence-electron chi connectivity index (χ1n) is 5.06. The van der Waals surface area contributed by atoms with E-state index in [2.05, 4.69) is 0 Å². The smallest absolute Gasteiger partial charge is 0.185 e. The zero-order chi connectivity index (χ0) is 13.1. The standard InChI is InChI=1S/C11H12ClFO3S/c1-2-3-8(14)7-17(15,16)9-4-5-11(13)10(12)6-9/h4-6H,2-3,7H2,1H3. The molecule has 0 aromatic heterocycles. The summed E-state index contributed by atoms with van der Waals surface area (Å²) in [5.41, 5.74) is 0. The first kappa shape index (κ1) is 14.1. The molecule has 6 heteroatoms. The molecule has 0 heterocycles. The van der Waals surface area contributed by atoms with Crippen LogP contribution in [0, 0.1) is 5.82 Å². The van der Waals surface area contributed by atoms with E-state index in [-0.39, 0.29) is 22.1 Å². The molecule has 0 aliphatic carbocycles. The Morgan fingerprint density at radius 2 is 2.06 bits per heavy atom. The molecule has 3 nitrogen and oxygen atoms in total. The number of hydrogen-bond donors (Lipinski definition) is 0. The quantitative estimate of drug-likeness (QED) is 0.778. The van der Waals surface area contributed by atoms with Gasteiger partial charge in [-0.05, 0) is 24.6 Å². The Bertz CT molecular complexity index is 526. The summed E-state index contributed by atoms with van der Waals surface area (Å²) < 4.78 is 36.4. The van der Waals surface area contributed by atoms with Gasteiger partial charge in [0, 0.05) is 6.42 Å². The predicted octanol–water partition coefficient (Wildman–Crippen LogP) is 2.62. The van der Waals surface area contributed by atoms with Crippen LogP contribution >= 0.6 is 11.6 Å². The summed E-state index contributed by atoms with van der Waals surface area (Å²) in [7, 11) is -3.72. The lowest BCUT2D eigenvalue weighted by Gasteiger charge is -2.04. The Hall–Kier alpha value is -0.940. The number of Topliss-reactive ketones (excluding diaryl/α,β-unsaturated/α-hetero) is 1. The minimum absolute atomic E-state index is 0.131. The molecule has 0 radical (unpaired) electrons. The van der Waals surface area contributed by atoms with Gasteiger partial charge in [-0.3, -0.25) is 4.79 Å². The molecule has 1 rings (SSSR count). The van der Waals surface area contributed by atoms with Gasteiger partial charge in [-0.25, -0.2) is 12.8 Å². The fourth-order valence-electron chi connectivity index (χ4n) is 1.32. The summed E-state index contributed by atoms with van der Waals surface area (Å²) in [5.74, 6) is -1.61. The van der Waals surface area contributed by atoms with Gasteiger partial charge in [-0.2, -0.15) is 0 Å². The lowest BCUT2D eigenvalue weighted by atomic mass is 10.3. The highest BCUT2D eigenvalue weighted by atomic mass is 35.5. The molecule has 0 fully saturated rings. The summed E-state index contributed by atoms with van der Waals surface area (Å²) >= 11 is 5.49. The molecule has 0 amide bonds. The highest BCUT2D eigenvalue weighted by Crippen LogP contribution is 2.20. The summed E-state index contributed by atoms with van der Waals surface area (Å²) in [6.45, 7) is 1.79. The van der Waals surface area contributed by atoms with Crippen molar-refractivity contribution < 1.29 is 17.6 Å².